The number of carbonyl (C=O) groups excluding carboxylic acids is 2. The number of nitrogens with one attached hydrogen (secondary N) is 1. The molecule has 0 fully saturated rings. The number of rotatable bonds is 6. The quantitative estimate of drug-likeness (QED) is 0.539. The molecule has 7 nitrogen and oxygen atoms in total. The van der Waals surface area contributed by atoms with Crippen molar-refractivity contribution in [3.05, 3.63) is 53.1 Å². The van der Waals surface area contributed by atoms with Gasteiger partial charge in [0.25, 0.3) is 5.91 Å². The number of nitrogens with two attached hydrogens (primary N) is 1. The van der Waals surface area contributed by atoms with Gasteiger partial charge >= 0.3 is 5.97 Å². The first-order valence-electron chi connectivity index (χ1n) is 7.60. The van der Waals surface area contributed by atoms with Gasteiger partial charge in [-0.2, -0.15) is 0 Å². The monoisotopic (exact) mass is 428 g/mol. The van der Waals surface area contributed by atoms with Crippen molar-refractivity contribution in [1.82, 2.24) is 0 Å². The molecule has 144 valence electrons. The first kappa shape index (κ1) is 21.2. The van der Waals surface area contributed by atoms with Gasteiger partial charge in [-0.1, -0.05) is 17.7 Å². The SMILES string of the molecule is CSc1ccc(Cl)c(C(=O)OC(C)C(=O)Nc2cccc(S(N)(=O)=O)c2)c1. The smallest absolute Gasteiger partial charge is 0.340 e. The molecule has 0 heterocycles. The highest BCUT2D eigenvalue weighted by Crippen LogP contribution is 2.24. The molecule has 1 atom stereocenters. The Balaban J connectivity index is 2.09. The molecule has 0 aliphatic carbocycles. The minimum atomic E-state index is -3.90. The van der Waals surface area contributed by atoms with Gasteiger partial charge in [0, 0.05) is 10.6 Å². The van der Waals surface area contributed by atoms with Crippen LogP contribution < -0.4 is 10.5 Å². The summed E-state index contributed by atoms with van der Waals surface area (Å²) in [5, 5.41) is 7.75. The maximum atomic E-state index is 12.3. The third-order valence-electron chi connectivity index (χ3n) is 3.48. The molecule has 0 radical (unpaired) electrons. The highest BCUT2D eigenvalue weighted by molar-refractivity contribution is 7.98. The molecule has 0 aromatic heterocycles. The average molecular weight is 429 g/mol. The zero-order valence-electron chi connectivity index (χ0n) is 14.4. The number of primary sulfonamides is 1. The van der Waals surface area contributed by atoms with Crippen LogP contribution in [-0.4, -0.2) is 32.7 Å². The van der Waals surface area contributed by atoms with Gasteiger partial charge in [0.15, 0.2) is 6.10 Å². The molecule has 0 bridgehead atoms. The van der Waals surface area contributed by atoms with E-state index in [9.17, 15) is 18.0 Å². The van der Waals surface area contributed by atoms with E-state index in [0.717, 1.165) is 4.90 Å². The van der Waals surface area contributed by atoms with Gasteiger partial charge in [-0.25, -0.2) is 18.4 Å². The van der Waals surface area contributed by atoms with Crippen molar-refractivity contribution in [3.63, 3.8) is 0 Å². The van der Waals surface area contributed by atoms with Crippen molar-refractivity contribution < 1.29 is 22.7 Å². The van der Waals surface area contributed by atoms with Crippen molar-refractivity contribution in [1.29, 1.82) is 0 Å². The largest absolute Gasteiger partial charge is 0.449 e. The summed E-state index contributed by atoms with van der Waals surface area (Å²) in [5.74, 6) is -1.37. The number of sulfonamides is 1. The first-order valence-corrected chi connectivity index (χ1v) is 10.7. The average Bonchev–Trinajstić information content (AvgIpc) is 2.61. The van der Waals surface area contributed by atoms with Crippen LogP contribution in [0.4, 0.5) is 5.69 Å². The van der Waals surface area contributed by atoms with E-state index >= 15 is 0 Å². The Hall–Kier alpha value is -2.07. The second-order valence-corrected chi connectivity index (χ2v) is 8.30. The van der Waals surface area contributed by atoms with E-state index in [1.807, 2.05) is 6.26 Å². The molecule has 10 heteroatoms. The summed E-state index contributed by atoms with van der Waals surface area (Å²) in [7, 11) is -3.90. The van der Waals surface area contributed by atoms with Gasteiger partial charge in [0.1, 0.15) is 0 Å². The lowest BCUT2D eigenvalue weighted by molar-refractivity contribution is -0.123. The second kappa shape index (κ2) is 8.75. The summed E-state index contributed by atoms with van der Waals surface area (Å²) >= 11 is 7.46. The van der Waals surface area contributed by atoms with E-state index in [2.05, 4.69) is 5.32 Å². The number of ether oxygens (including phenoxy) is 1. The molecule has 0 saturated carbocycles. The van der Waals surface area contributed by atoms with Gasteiger partial charge in [0.2, 0.25) is 10.0 Å². The summed E-state index contributed by atoms with van der Waals surface area (Å²) in [6, 6.07) is 10.3. The fraction of sp³-hybridized carbons (Fsp3) is 0.176. The Morgan fingerprint density at radius 3 is 2.56 bits per heavy atom. The lowest BCUT2D eigenvalue weighted by Crippen LogP contribution is -2.30. The minimum Gasteiger partial charge on any atom is -0.449 e. The number of hydrogen-bond donors (Lipinski definition) is 2. The van der Waals surface area contributed by atoms with Crippen molar-refractivity contribution in [3.8, 4) is 0 Å². The molecule has 2 aromatic rings. The molecule has 0 saturated heterocycles. The van der Waals surface area contributed by atoms with Crippen LogP contribution in [0.5, 0.6) is 0 Å². The van der Waals surface area contributed by atoms with Gasteiger partial charge in [0.05, 0.1) is 15.5 Å². The van der Waals surface area contributed by atoms with Crippen LogP contribution >= 0.6 is 23.4 Å². The molecular formula is C17H17ClN2O5S2. The molecular weight excluding hydrogens is 412 g/mol. The van der Waals surface area contributed by atoms with Crippen LogP contribution in [0.3, 0.4) is 0 Å². The number of amides is 1. The van der Waals surface area contributed by atoms with E-state index in [-0.39, 0.29) is 21.2 Å². The number of thioether (sulfide) groups is 1. The zero-order valence-corrected chi connectivity index (χ0v) is 16.8. The van der Waals surface area contributed by atoms with Gasteiger partial charge in [-0.15, -0.1) is 11.8 Å². The number of halogens is 1. The van der Waals surface area contributed by atoms with E-state index in [1.54, 1.807) is 18.2 Å². The second-order valence-electron chi connectivity index (χ2n) is 5.46. The lowest BCUT2D eigenvalue weighted by atomic mass is 10.2. The minimum absolute atomic E-state index is 0.148. The standard InChI is InChI=1S/C17H17ClN2O5S2/c1-10(25-17(22)14-9-12(26-2)6-7-15(14)18)16(21)20-11-4-3-5-13(8-11)27(19,23)24/h3-10H,1-2H3,(H,20,21)(H2,19,23,24). The number of benzene rings is 2. The van der Waals surface area contributed by atoms with Gasteiger partial charge in [-0.3, -0.25) is 4.79 Å². The lowest BCUT2D eigenvalue weighted by Gasteiger charge is -2.14. The van der Waals surface area contributed by atoms with Crippen LogP contribution in [-0.2, 0) is 19.6 Å². The predicted molar refractivity (Wildman–Crippen MR) is 105 cm³/mol. The summed E-state index contributed by atoms with van der Waals surface area (Å²) in [5.41, 5.74) is 0.358. The summed E-state index contributed by atoms with van der Waals surface area (Å²) in [6.07, 6.45) is 0.717. The topological polar surface area (TPSA) is 116 Å². The number of hydrogen-bond acceptors (Lipinski definition) is 6. The molecule has 3 N–H and O–H groups in total. The Morgan fingerprint density at radius 1 is 1.22 bits per heavy atom. The third kappa shape index (κ3) is 5.70. The number of anilines is 1. The first-order chi connectivity index (χ1) is 12.6. The Bertz CT molecular complexity index is 979. The molecule has 27 heavy (non-hydrogen) atoms. The zero-order chi connectivity index (χ0) is 20.2. The van der Waals surface area contributed by atoms with Gasteiger partial charge < -0.3 is 10.1 Å². The number of esters is 1. The normalized spacial score (nSPS) is 12.3. The highest BCUT2D eigenvalue weighted by atomic mass is 35.5. The van der Waals surface area contributed by atoms with Crippen LogP contribution in [0.25, 0.3) is 0 Å². The predicted octanol–water partition coefficient (Wildman–Crippen LogP) is 2.89. The van der Waals surface area contributed by atoms with E-state index in [1.165, 1.54) is 43.0 Å². The fourth-order valence-corrected chi connectivity index (χ4v) is 3.25. The summed E-state index contributed by atoms with van der Waals surface area (Å²) in [4.78, 5) is 25.2. The Kier molecular flexibility index (Phi) is 6.88. The summed E-state index contributed by atoms with van der Waals surface area (Å²) < 4.78 is 27.9. The molecule has 0 aliphatic heterocycles. The maximum Gasteiger partial charge on any atom is 0.340 e. The van der Waals surface area contributed by atoms with Gasteiger partial charge in [-0.05, 0) is 49.6 Å². The third-order valence-corrected chi connectivity index (χ3v) is 5.44. The molecule has 2 rings (SSSR count). The van der Waals surface area contributed by atoms with Crippen molar-refractivity contribution in [2.45, 2.75) is 22.8 Å². The molecule has 2 aromatic carbocycles. The Morgan fingerprint density at radius 2 is 1.93 bits per heavy atom. The van der Waals surface area contributed by atoms with E-state index in [0.29, 0.717) is 0 Å². The molecule has 1 amide bonds. The maximum absolute atomic E-state index is 12.3. The number of carbonyl (C=O) groups is 2. The molecule has 0 aliphatic rings. The van der Waals surface area contributed by atoms with E-state index < -0.39 is 28.0 Å². The van der Waals surface area contributed by atoms with Crippen LogP contribution in [0.15, 0.2) is 52.3 Å². The van der Waals surface area contributed by atoms with Crippen molar-refractivity contribution >= 4 is 50.9 Å². The fourth-order valence-electron chi connectivity index (χ4n) is 2.06. The molecule has 0 spiro atoms. The Labute approximate surface area is 166 Å². The molecule has 1 unspecified atom stereocenters. The van der Waals surface area contributed by atoms with Crippen molar-refractivity contribution in [2.75, 3.05) is 11.6 Å². The van der Waals surface area contributed by atoms with Crippen LogP contribution in [0.1, 0.15) is 17.3 Å². The van der Waals surface area contributed by atoms with E-state index in [4.69, 9.17) is 21.5 Å². The highest BCUT2D eigenvalue weighted by Gasteiger charge is 2.21. The van der Waals surface area contributed by atoms with Crippen LogP contribution in [0, 0.1) is 0 Å². The summed E-state index contributed by atoms with van der Waals surface area (Å²) in [6.45, 7) is 1.39. The van der Waals surface area contributed by atoms with Crippen molar-refractivity contribution in [2.24, 2.45) is 5.14 Å². The van der Waals surface area contributed by atoms with Crippen LogP contribution in [0.2, 0.25) is 5.02 Å².